The van der Waals surface area contributed by atoms with Crippen LogP contribution in [0, 0.1) is 0 Å². The average Bonchev–Trinajstić information content (AvgIpc) is 2.87. The van der Waals surface area contributed by atoms with Gasteiger partial charge in [-0.25, -0.2) is 9.48 Å². The molecule has 0 bridgehead atoms. The van der Waals surface area contributed by atoms with Gasteiger partial charge < -0.3 is 10.4 Å². The second kappa shape index (κ2) is 5.33. The minimum absolute atomic E-state index is 0.289. The Morgan fingerprint density at radius 2 is 2.24 bits per heavy atom. The highest BCUT2D eigenvalue weighted by Gasteiger charge is 2.23. The van der Waals surface area contributed by atoms with E-state index in [-0.39, 0.29) is 5.56 Å². The largest absolute Gasteiger partial charge is 0.478 e. The zero-order valence-corrected chi connectivity index (χ0v) is 12.3. The van der Waals surface area contributed by atoms with Crippen LogP contribution in [0.1, 0.15) is 47.1 Å². The highest BCUT2D eigenvalue weighted by atomic mass is 16.4. The van der Waals surface area contributed by atoms with Crippen LogP contribution in [0.2, 0.25) is 0 Å². The molecule has 2 heterocycles. The van der Waals surface area contributed by atoms with Gasteiger partial charge in [0.15, 0.2) is 0 Å². The first kappa shape index (κ1) is 13.8. The molecule has 0 spiro atoms. The van der Waals surface area contributed by atoms with E-state index in [1.165, 1.54) is 11.3 Å². The van der Waals surface area contributed by atoms with E-state index in [4.69, 9.17) is 10.2 Å². The van der Waals surface area contributed by atoms with Gasteiger partial charge in [0.05, 0.1) is 22.6 Å². The van der Waals surface area contributed by atoms with Crippen molar-refractivity contribution in [1.29, 1.82) is 0 Å². The molecular weight excluding hydrogens is 266 g/mol. The third-order valence-electron chi connectivity index (χ3n) is 3.85. The van der Waals surface area contributed by atoms with Crippen molar-refractivity contribution >= 4 is 5.97 Å². The minimum atomic E-state index is -0.913. The molecular formula is C16H19N3O2. The Bertz CT molecular complexity index is 689. The van der Waals surface area contributed by atoms with E-state index in [1.807, 2.05) is 10.7 Å². The lowest BCUT2D eigenvalue weighted by Crippen LogP contribution is -2.25. The Balaban J connectivity index is 2.14. The fraction of sp³-hybridized carbons (Fsp3) is 0.375. The van der Waals surface area contributed by atoms with E-state index >= 15 is 0 Å². The van der Waals surface area contributed by atoms with Crippen molar-refractivity contribution in [3.63, 3.8) is 0 Å². The van der Waals surface area contributed by atoms with E-state index in [2.05, 4.69) is 19.2 Å². The predicted octanol–water partition coefficient (Wildman–Crippen LogP) is 2.34. The summed E-state index contributed by atoms with van der Waals surface area (Å²) < 4.78 is 1.91. The molecule has 3 rings (SSSR count). The van der Waals surface area contributed by atoms with E-state index in [0.29, 0.717) is 5.92 Å². The first-order chi connectivity index (χ1) is 10.1. The number of carbonyl (C=O) groups is 1. The van der Waals surface area contributed by atoms with Crippen LogP contribution in [0.5, 0.6) is 0 Å². The number of aromatic nitrogens is 2. The second-order valence-electron chi connectivity index (χ2n) is 5.66. The lowest BCUT2D eigenvalue weighted by Gasteiger charge is -2.16. The molecule has 5 nitrogen and oxygen atoms in total. The van der Waals surface area contributed by atoms with Crippen LogP contribution in [-0.4, -0.2) is 27.4 Å². The lowest BCUT2D eigenvalue weighted by molar-refractivity contribution is 0.0697. The second-order valence-corrected chi connectivity index (χ2v) is 5.66. The smallest absolute Gasteiger partial charge is 0.335 e. The minimum Gasteiger partial charge on any atom is -0.478 e. The summed E-state index contributed by atoms with van der Waals surface area (Å²) in [6, 6.07) is 6.96. The SMILES string of the molecule is CC(C)c1nn(-c2cccc(C(=O)O)c2)c2c1CNCC2. The van der Waals surface area contributed by atoms with Gasteiger partial charge in [-0.15, -0.1) is 0 Å². The zero-order chi connectivity index (χ0) is 15.0. The number of aromatic carboxylic acids is 1. The van der Waals surface area contributed by atoms with Crippen molar-refractivity contribution in [1.82, 2.24) is 15.1 Å². The third kappa shape index (κ3) is 2.45. The van der Waals surface area contributed by atoms with E-state index in [1.54, 1.807) is 18.2 Å². The molecule has 1 aliphatic heterocycles. The number of nitrogens with zero attached hydrogens (tertiary/aromatic N) is 2. The van der Waals surface area contributed by atoms with Crippen LogP contribution in [0.15, 0.2) is 24.3 Å². The fourth-order valence-electron chi connectivity index (χ4n) is 2.82. The van der Waals surface area contributed by atoms with Gasteiger partial charge in [-0.2, -0.15) is 5.10 Å². The maximum Gasteiger partial charge on any atom is 0.335 e. The van der Waals surface area contributed by atoms with Crippen molar-refractivity contribution in [2.24, 2.45) is 0 Å². The number of nitrogens with one attached hydrogen (secondary N) is 1. The predicted molar refractivity (Wildman–Crippen MR) is 80.0 cm³/mol. The summed E-state index contributed by atoms with van der Waals surface area (Å²) in [4.78, 5) is 11.1. The number of carboxylic acid groups (broad SMARTS) is 1. The Morgan fingerprint density at radius 1 is 1.43 bits per heavy atom. The molecule has 0 saturated carbocycles. The van der Waals surface area contributed by atoms with Crippen LogP contribution in [0.4, 0.5) is 0 Å². The van der Waals surface area contributed by atoms with Crippen LogP contribution in [0.25, 0.3) is 5.69 Å². The van der Waals surface area contributed by atoms with Crippen LogP contribution >= 0.6 is 0 Å². The van der Waals surface area contributed by atoms with Crippen molar-refractivity contribution in [2.75, 3.05) is 6.54 Å². The highest BCUT2D eigenvalue weighted by molar-refractivity contribution is 5.88. The van der Waals surface area contributed by atoms with Crippen molar-refractivity contribution in [3.05, 3.63) is 46.8 Å². The summed E-state index contributed by atoms with van der Waals surface area (Å²) in [6.45, 7) is 6.03. The van der Waals surface area contributed by atoms with E-state index in [9.17, 15) is 4.79 Å². The topological polar surface area (TPSA) is 67.2 Å². The molecule has 1 aromatic carbocycles. The molecule has 1 aliphatic rings. The molecule has 0 aliphatic carbocycles. The fourth-order valence-corrected chi connectivity index (χ4v) is 2.82. The normalized spacial score (nSPS) is 14.2. The van der Waals surface area contributed by atoms with Gasteiger partial charge in [-0.1, -0.05) is 19.9 Å². The molecule has 2 N–H and O–H groups in total. The maximum absolute atomic E-state index is 11.1. The van der Waals surface area contributed by atoms with Gasteiger partial charge in [-0.05, 0) is 24.1 Å². The first-order valence-electron chi connectivity index (χ1n) is 7.23. The highest BCUT2D eigenvalue weighted by Crippen LogP contribution is 2.27. The monoisotopic (exact) mass is 285 g/mol. The van der Waals surface area contributed by atoms with Crippen LogP contribution in [-0.2, 0) is 13.0 Å². The molecule has 0 atom stereocenters. The van der Waals surface area contributed by atoms with Crippen LogP contribution < -0.4 is 5.32 Å². The maximum atomic E-state index is 11.1. The molecule has 0 fully saturated rings. The molecule has 21 heavy (non-hydrogen) atoms. The van der Waals surface area contributed by atoms with Crippen molar-refractivity contribution < 1.29 is 9.90 Å². The quantitative estimate of drug-likeness (QED) is 0.908. The van der Waals surface area contributed by atoms with E-state index in [0.717, 1.165) is 30.9 Å². The third-order valence-corrected chi connectivity index (χ3v) is 3.85. The number of rotatable bonds is 3. The Hall–Kier alpha value is -2.14. The molecule has 2 aromatic rings. The standard InChI is InChI=1S/C16H19N3O2/c1-10(2)15-13-9-17-7-6-14(13)19(18-15)12-5-3-4-11(8-12)16(20)21/h3-5,8,10,17H,6-7,9H2,1-2H3,(H,20,21). The number of hydrogen-bond donors (Lipinski definition) is 2. The number of hydrogen-bond acceptors (Lipinski definition) is 3. The lowest BCUT2D eigenvalue weighted by atomic mass is 10.0. The van der Waals surface area contributed by atoms with Crippen molar-refractivity contribution in [3.8, 4) is 5.69 Å². The van der Waals surface area contributed by atoms with Gasteiger partial charge in [0, 0.05) is 25.1 Å². The Morgan fingerprint density at radius 3 is 2.95 bits per heavy atom. The van der Waals surface area contributed by atoms with Gasteiger partial charge >= 0.3 is 5.97 Å². The van der Waals surface area contributed by atoms with E-state index < -0.39 is 5.97 Å². The number of benzene rings is 1. The Kier molecular flexibility index (Phi) is 3.51. The molecule has 0 radical (unpaired) electrons. The van der Waals surface area contributed by atoms with Gasteiger partial charge in [-0.3, -0.25) is 0 Å². The first-order valence-corrected chi connectivity index (χ1v) is 7.23. The van der Waals surface area contributed by atoms with Gasteiger partial charge in [0.25, 0.3) is 0 Å². The van der Waals surface area contributed by atoms with Gasteiger partial charge in [0.1, 0.15) is 0 Å². The number of fused-ring (bicyclic) bond motifs is 1. The molecule has 1 aromatic heterocycles. The summed E-state index contributed by atoms with van der Waals surface area (Å²) in [5.41, 5.74) is 4.66. The molecule has 5 heteroatoms. The summed E-state index contributed by atoms with van der Waals surface area (Å²) in [6.07, 6.45) is 0.909. The average molecular weight is 285 g/mol. The van der Waals surface area contributed by atoms with Crippen LogP contribution in [0.3, 0.4) is 0 Å². The summed E-state index contributed by atoms with van der Waals surface area (Å²) in [5, 5.41) is 17.3. The summed E-state index contributed by atoms with van der Waals surface area (Å²) in [5.74, 6) is -0.564. The summed E-state index contributed by atoms with van der Waals surface area (Å²) in [7, 11) is 0. The molecule has 0 amide bonds. The summed E-state index contributed by atoms with van der Waals surface area (Å²) >= 11 is 0. The number of carboxylic acids is 1. The van der Waals surface area contributed by atoms with Crippen molar-refractivity contribution in [2.45, 2.75) is 32.7 Å². The molecule has 110 valence electrons. The molecule has 0 saturated heterocycles. The molecule has 0 unspecified atom stereocenters. The Labute approximate surface area is 123 Å². The van der Waals surface area contributed by atoms with Gasteiger partial charge in [0.2, 0.25) is 0 Å². The zero-order valence-electron chi connectivity index (χ0n) is 12.3.